The number of hydrogen-bond acceptors (Lipinski definition) is 3. The summed E-state index contributed by atoms with van der Waals surface area (Å²) in [5, 5.41) is 3.85. The lowest BCUT2D eigenvalue weighted by molar-refractivity contribution is 0.232. The van der Waals surface area contributed by atoms with Crippen molar-refractivity contribution in [2.24, 2.45) is 5.41 Å². The lowest BCUT2D eigenvalue weighted by Crippen LogP contribution is -2.30. The van der Waals surface area contributed by atoms with Crippen LogP contribution in [0.2, 0.25) is 5.15 Å². The molecule has 0 bridgehead atoms. The molecule has 1 aromatic heterocycles. The maximum Gasteiger partial charge on any atom is 0.171 e. The summed E-state index contributed by atoms with van der Waals surface area (Å²) in [6, 6.07) is 0.488. The molecule has 0 atom stereocenters. The Bertz CT molecular complexity index is 355. The SMILES string of the molecule is CC1(C)CCC(Nc2nccnc2Cl)CC1. The number of nitrogens with one attached hydrogen (secondary N) is 1. The van der Waals surface area contributed by atoms with Crippen LogP contribution in [0.5, 0.6) is 0 Å². The van der Waals surface area contributed by atoms with Crippen LogP contribution in [0.3, 0.4) is 0 Å². The van der Waals surface area contributed by atoms with Gasteiger partial charge in [-0.2, -0.15) is 0 Å². The number of nitrogens with zero attached hydrogens (tertiary/aromatic N) is 2. The maximum absolute atomic E-state index is 5.96. The number of hydrogen-bond donors (Lipinski definition) is 1. The highest BCUT2D eigenvalue weighted by molar-refractivity contribution is 6.31. The van der Waals surface area contributed by atoms with Crippen molar-refractivity contribution in [2.45, 2.75) is 45.6 Å². The van der Waals surface area contributed by atoms with Crippen LogP contribution in [0, 0.1) is 5.41 Å². The van der Waals surface area contributed by atoms with E-state index in [2.05, 4.69) is 29.1 Å². The molecular weight excluding hydrogens is 222 g/mol. The second-order valence-electron chi connectivity index (χ2n) is 5.28. The van der Waals surface area contributed by atoms with Crippen molar-refractivity contribution in [3.63, 3.8) is 0 Å². The fourth-order valence-corrected chi connectivity index (χ4v) is 2.31. The largest absolute Gasteiger partial charge is 0.365 e. The zero-order chi connectivity index (χ0) is 11.6. The minimum absolute atomic E-state index is 0.465. The van der Waals surface area contributed by atoms with E-state index in [1.54, 1.807) is 12.4 Å². The average Bonchev–Trinajstić information content (AvgIpc) is 2.24. The van der Waals surface area contributed by atoms with Crippen LogP contribution in [0.15, 0.2) is 12.4 Å². The third kappa shape index (κ3) is 2.85. The van der Waals surface area contributed by atoms with E-state index < -0.39 is 0 Å². The first-order valence-electron chi connectivity index (χ1n) is 5.80. The van der Waals surface area contributed by atoms with Gasteiger partial charge < -0.3 is 5.32 Å². The predicted molar refractivity (Wildman–Crippen MR) is 66.7 cm³/mol. The zero-order valence-electron chi connectivity index (χ0n) is 9.83. The Morgan fingerprint density at radius 3 is 2.50 bits per heavy atom. The van der Waals surface area contributed by atoms with Crippen LogP contribution in [0.4, 0.5) is 5.82 Å². The van der Waals surface area contributed by atoms with Crippen molar-refractivity contribution in [3.8, 4) is 0 Å². The van der Waals surface area contributed by atoms with Crippen molar-refractivity contribution >= 4 is 17.4 Å². The van der Waals surface area contributed by atoms with E-state index in [1.165, 1.54) is 25.7 Å². The first kappa shape index (κ1) is 11.6. The molecule has 1 aliphatic rings. The van der Waals surface area contributed by atoms with E-state index in [0.717, 1.165) is 0 Å². The second-order valence-corrected chi connectivity index (χ2v) is 5.64. The summed E-state index contributed by atoms with van der Waals surface area (Å²) in [5.41, 5.74) is 0.490. The number of aromatic nitrogens is 2. The zero-order valence-corrected chi connectivity index (χ0v) is 10.6. The van der Waals surface area contributed by atoms with Crippen molar-refractivity contribution in [3.05, 3.63) is 17.5 Å². The van der Waals surface area contributed by atoms with Gasteiger partial charge in [0.25, 0.3) is 0 Å². The summed E-state index contributed by atoms with van der Waals surface area (Å²) >= 11 is 5.96. The van der Waals surface area contributed by atoms with Gasteiger partial charge in [-0.1, -0.05) is 25.4 Å². The van der Waals surface area contributed by atoms with Crippen LogP contribution >= 0.6 is 11.6 Å². The summed E-state index contributed by atoms with van der Waals surface area (Å²) in [6.45, 7) is 4.66. The number of halogens is 1. The van der Waals surface area contributed by atoms with Gasteiger partial charge in [0.2, 0.25) is 0 Å². The van der Waals surface area contributed by atoms with Crippen molar-refractivity contribution < 1.29 is 0 Å². The summed E-state index contributed by atoms with van der Waals surface area (Å²) in [6.07, 6.45) is 8.14. The van der Waals surface area contributed by atoms with Crippen LogP contribution in [0.1, 0.15) is 39.5 Å². The molecule has 1 saturated carbocycles. The summed E-state index contributed by atoms with van der Waals surface area (Å²) < 4.78 is 0. The molecule has 1 fully saturated rings. The fourth-order valence-electron chi connectivity index (χ4n) is 2.15. The van der Waals surface area contributed by atoms with E-state index in [-0.39, 0.29) is 0 Å². The van der Waals surface area contributed by atoms with Crippen LogP contribution in [-0.2, 0) is 0 Å². The Morgan fingerprint density at radius 2 is 1.88 bits per heavy atom. The smallest absolute Gasteiger partial charge is 0.171 e. The normalized spacial score (nSPS) is 20.7. The molecule has 0 unspecified atom stereocenters. The topological polar surface area (TPSA) is 37.8 Å². The van der Waals surface area contributed by atoms with Crippen LogP contribution in [0.25, 0.3) is 0 Å². The minimum Gasteiger partial charge on any atom is -0.365 e. The first-order valence-corrected chi connectivity index (χ1v) is 6.18. The van der Waals surface area contributed by atoms with Gasteiger partial charge in [0.15, 0.2) is 11.0 Å². The molecule has 0 aromatic carbocycles. The Kier molecular flexibility index (Phi) is 3.33. The van der Waals surface area contributed by atoms with Gasteiger partial charge in [0.05, 0.1) is 0 Å². The summed E-state index contributed by atoms with van der Waals surface area (Å²) in [7, 11) is 0. The van der Waals surface area contributed by atoms with E-state index in [9.17, 15) is 0 Å². The second kappa shape index (κ2) is 4.58. The molecule has 1 aromatic rings. The van der Waals surface area contributed by atoms with Crippen LogP contribution in [-0.4, -0.2) is 16.0 Å². The molecule has 0 saturated heterocycles. The van der Waals surface area contributed by atoms with Crippen molar-refractivity contribution in [2.75, 3.05) is 5.32 Å². The standard InChI is InChI=1S/C12H18ClN3/c1-12(2)5-3-9(4-6-12)16-11-10(13)14-7-8-15-11/h7-9H,3-6H2,1-2H3,(H,15,16). The molecule has 1 aliphatic carbocycles. The van der Waals surface area contributed by atoms with E-state index in [0.29, 0.717) is 22.4 Å². The molecule has 0 aliphatic heterocycles. The third-order valence-corrected chi connectivity index (χ3v) is 3.61. The summed E-state index contributed by atoms with van der Waals surface area (Å²) in [5.74, 6) is 0.717. The van der Waals surface area contributed by atoms with Gasteiger partial charge in [0, 0.05) is 18.4 Å². The van der Waals surface area contributed by atoms with Gasteiger partial charge in [-0.25, -0.2) is 9.97 Å². The lowest BCUT2D eigenvalue weighted by Gasteiger charge is -2.34. The molecule has 1 N–H and O–H groups in total. The Morgan fingerprint density at radius 1 is 1.25 bits per heavy atom. The molecular formula is C12H18ClN3. The summed E-state index contributed by atoms with van der Waals surface area (Å²) in [4.78, 5) is 8.22. The van der Waals surface area contributed by atoms with Gasteiger partial charge in [0.1, 0.15) is 0 Å². The molecule has 1 heterocycles. The molecule has 4 heteroatoms. The Balaban J connectivity index is 1.95. The first-order chi connectivity index (χ1) is 7.57. The van der Waals surface area contributed by atoms with Crippen LogP contribution < -0.4 is 5.32 Å². The number of anilines is 1. The van der Waals surface area contributed by atoms with Gasteiger partial charge >= 0.3 is 0 Å². The average molecular weight is 240 g/mol. The highest BCUT2D eigenvalue weighted by Gasteiger charge is 2.27. The quantitative estimate of drug-likeness (QED) is 0.858. The highest BCUT2D eigenvalue weighted by atomic mass is 35.5. The van der Waals surface area contributed by atoms with Gasteiger partial charge in [-0.15, -0.1) is 0 Å². The predicted octanol–water partition coefficient (Wildman–Crippen LogP) is 3.51. The van der Waals surface area contributed by atoms with Gasteiger partial charge in [-0.05, 0) is 31.1 Å². The molecule has 0 amide bonds. The fraction of sp³-hybridized carbons (Fsp3) is 0.667. The monoisotopic (exact) mass is 239 g/mol. The molecule has 2 rings (SSSR count). The van der Waals surface area contributed by atoms with E-state index in [4.69, 9.17) is 11.6 Å². The Labute approximate surface area is 102 Å². The minimum atomic E-state index is 0.465. The third-order valence-electron chi connectivity index (χ3n) is 3.33. The lowest BCUT2D eigenvalue weighted by atomic mass is 9.75. The molecule has 88 valence electrons. The molecule has 0 spiro atoms. The molecule has 3 nitrogen and oxygen atoms in total. The molecule has 16 heavy (non-hydrogen) atoms. The number of rotatable bonds is 2. The van der Waals surface area contributed by atoms with Crippen molar-refractivity contribution in [1.82, 2.24) is 9.97 Å². The van der Waals surface area contributed by atoms with Gasteiger partial charge in [-0.3, -0.25) is 0 Å². The van der Waals surface area contributed by atoms with E-state index >= 15 is 0 Å². The van der Waals surface area contributed by atoms with E-state index in [1.807, 2.05) is 0 Å². The highest BCUT2D eigenvalue weighted by Crippen LogP contribution is 2.36. The maximum atomic E-state index is 5.96. The van der Waals surface area contributed by atoms with Crippen molar-refractivity contribution in [1.29, 1.82) is 0 Å². The molecule has 0 radical (unpaired) electrons. The Hall–Kier alpha value is -0.830.